The fraction of sp³-hybridized carbons (Fsp3) is 0.333. The van der Waals surface area contributed by atoms with E-state index in [4.69, 9.17) is 5.26 Å². The van der Waals surface area contributed by atoms with Crippen LogP contribution in [-0.4, -0.2) is 51.4 Å². The van der Waals surface area contributed by atoms with E-state index in [1.807, 2.05) is 0 Å². The van der Waals surface area contributed by atoms with Gasteiger partial charge in [0.2, 0.25) is 15.9 Å². The van der Waals surface area contributed by atoms with Crippen LogP contribution < -0.4 is 10.2 Å². The van der Waals surface area contributed by atoms with Gasteiger partial charge in [0.15, 0.2) is 0 Å². The molecule has 2 aromatic carbocycles. The lowest BCUT2D eigenvalue weighted by atomic mass is 10.0. The first-order valence-corrected chi connectivity index (χ1v) is 11.2. The first-order valence-electron chi connectivity index (χ1n) is 9.76. The highest BCUT2D eigenvalue weighted by molar-refractivity contribution is 7.89. The van der Waals surface area contributed by atoms with E-state index in [0.29, 0.717) is 0 Å². The number of amides is 1. The molecule has 3 rings (SSSR count). The van der Waals surface area contributed by atoms with E-state index in [1.54, 1.807) is 0 Å². The van der Waals surface area contributed by atoms with Crippen LogP contribution in [-0.2, 0) is 21.0 Å². The normalized spacial score (nSPS) is 17.5. The summed E-state index contributed by atoms with van der Waals surface area (Å²) in [6.45, 7) is 0.874. The van der Waals surface area contributed by atoms with Crippen molar-refractivity contribution in [1.29, 1.82) is 5.26 Å². The van der Waals surface area contributed by atoms with Crippen molar-refractivity contribution in [3.8, 4) is 6.07 Å². The summed E-state index contributed by atoms with van der Waals surface area (Å²) in [5.41, 5.74) is -1.43. The number of alkyl halides is 3. The van der Waals surface area contributed by atoms with Gasteiger partial charge >= 0.3 is 6.18 Å². The standard InChI is InChI=1S/C21H20F4N4O3S/c1-13-3-6-16(10-18(13)22)33(31,32)28-7-8-29(19(12-28)20(30)27-2)15-5-4-14(11-26)17(9-15)21(23,24)25/h3-6,9-10,19H,7-8,12H2,1-2H3,(H,27,30). The molecule has 0 aliphatic carbocycles. The molecule has 1 unspecified atom stereocenters. The quantitative estimate of drug-likeness (QED) is 0.674. The molecule has 1 saturated heterocycles. The number of benzene rings is 2. The Balaban J connectivity index is 1.98. The molecular formula is C21H20F4N4O3S. The summed E-state index contributed by atoms with van der Waals surface area (Å²) in [6.07, 6.45) is -4.79. The van der Waals surface area contributed by atoms with Crippen LogP contribution in [0, 0.1) is 24.1 Å². The van der Waals surface area contributed by atoms with E-state index in [1.165, 1.54) is 43.1 Å². The van der Waals surface area contributed by atoms with Gasteiger partial charge in [-0.25, -0.2) is 12.8 Å². The third kappa shape index (κ3) is 4.79. The molecule has 12 heteroatoms. The number of hydrogen-bond donors (Lipinski definition) is 1. The van der Waals surface area contributed by atoms with Crippen molar-refractivity contribution in [3.63, 3.8) is 0 Å². The molecule has 0 spiro atoms. The fourth-order valence-corrected chi connectivity index (χ4v) is 5.05. The zero-order valence-corrected chi connectivity index (χ0v) is 18.5. The van der Waals surface area contributed by atoms with E-state index >= 15 is 0 Å². The maximum absolute atomic E-state index is 13.9. The lowest BCUT2D eigenvalue weighted by Crippen LogP contribution is -2.60. The number of hydrogen-bond acceptors (Lipinski definition) is 5. The van der Waals surface area contributed by atoms with Gasteiger partial charge in [-0.15, -0.1) is 0 Å². The van der Waals surface area contributed by atoms with Crippen molar-refractivity contribution in [1.82, 2.24) is 9.62 Å². The summed E-state index contributed by atoms with van der Waals surface area (Å²) in [5, 5.41) is 11.4. The summed E-state index contributed by atoms with van der Waals surface area (Å²) in [5.74, 6) is -1.31. The molecule has 1 aliphatic heterocycles. The van der Waals surface area contributed by atoms with Gasteiger partial charge in [-0.05, 0) is 42.8 Å². The van der Waals surface area contributed by atoms with Crippen molar-refractivity contribution < 1.29 is 30.8 Å². The smallest absolute Gasteiger partial charge is 0.357 e. The summed E-state index contributed by atoms with van der Waals surface area (Å²) in [4.78, 5) is 13.6. The Morgan fingerprint density at radius 3 is 2.45 bits per heavy atom. The zero-order valence-electron chi connectivity index (χ0n) is 17.6. The minimum absolute atomic E-state index is 0.0216. The van der Waals surface area contributed by atoms with Crippen LogP contribution in [0.1, 0.15) is 16.7 Å². The average molecular weight is 484 g/mol. The minimum atomic E-state index is -4.79. The summed E-state index contributed by atoms with van der Waals surface area (Å²) >= 11 is 0. The van der Waals surface area contributed by atoms with Gasteiger partial charge in [0.05, 0.1) is 22.1 Å². The number of nitriles is 1. The summed E-state index contributed by atoms with van der Waals surface area (Å²) in [6, 6.07) is 6.88. The predicted molar refractivity (Wildman–Crippen MR) is 111 cm³/mol. The highest BCUT2D eigenvalue weighted by Gasteiger charge is 2.39. The average Bonchev–Trinajstić information content (AvgIpc) is 2.78. The molecule has 0 bridgehead atoms. The SMILES string of the molecule is CNC(=O)C1CN(S(=O)(=O)c2ccc(C)c(F)c2)CCN1c1ccc(C#N)c(C(F)(F)F)c1. The number of halogens is 4. The maximum Gasteiger partial charge on any atom is 0.417 e. The molecule has 1 aliphatic rings. The largest absolute Gasteiger partial charge is 0.417 e. The number of aryl methyl sites for hydroxylation is 1. The van der Waals surface area contributed by atoms with Gasteiger partial charge in [0, 0.05) is 32.4 Å². The number of carbonyl (C=O) groups excluding carboxylic acids is 1. The highest BCUT2D eigenvalue weighted by atomic mass is 32.2. The van der Waals surface area contributed by atoms with Crippen molar-refractivity contribution in [2.45, 2.75) is 24.0 Å². The number of nitrogens with zero attached hydrogens (tertiary/aromatic N) is 3. The second-order valence-corrected chi connectivity index (χ2v) is 9.37. The minimum Gasteiger partial charge on any atom is -0.357 e. The van der Waals surface area contributed by atoms with Crippen molar-refractivity contribution in [2.24, 2.45) is 0 Å². The molecule has 1 N–H and O–H groups in total. The van der Waals surface area contributed by atoms with Crippen LogP contribution in [0.4, 0.5) is 23.2 Å². The third-order valence-electron chi connectivity index (χ3n) is 5.43. The Morgan fingerprint density at radius 1 is 1.18 bits per heavy atom. The van der Waals surface area contributed by atoms with Crippen LogP contribution in [0.15, 0.2) is 41.3 Å². The molecule has 7 nitrogen and oxygen atoms in total. The molecule has 0 radical (unpaired) electrons. The Kier molecular flexibility index (Phi) is 6.67. The first-order chi connectivity index (χ1) is 15.4. The van der Waals surface area contributed by atoms with Gasteiger partial charge < -0.3 is 10.2 Å². The van der Waals surface area contributed by atoms with Crippen molar-refractivity contribution >= 4 is 21.6 Å². The Morgan fingerprint density at radius 2 is 1.88 bits per heavy atom. The number of anilines is 1. The van der Waals surface area contributed by atoms with Crippen LogP contribution >= 0.6 is 0 Å². The van der Waals surface area contributed by atoms with E-state index < -0.39 is 45.1 Å². The number of carbonyl (C=O) groups is 1. The van der Waals surface area contributed by atoms with E-state index in [-0.39, 0.29) is 35.8 Å². The van der Waals surface area contributed by atoms with Crippen LogP contribution in [0.2, 0.25) is 0 Å². The van der Waals surface area contributed by atoms with Crippen LogP contribution in [0.5, 0.6) is 0 Å². The lowest BCUT2D eigenvalue weighted by molar-refractivity contribution is -0.137. The number of rotatable bonds is 4. The van der Waals surface area contributed by atoms with Gasteiger partial charge in [-0.1, -0.05) is 6.07 Å². The van der Waals surface area contributed by atoms with E-state index in [2.05, 4.69) is 5.32 Å². The number of likely N-dealkylation sites (N-methyl/N-ethyl adjacent to an activating group) is 1. The highest BCUT2D eigenvalue weighted by Crippen LogP contribution is 2.35. The van der Waals surface area contributed by atoms with Crippen molar-refractivity contribution in [2.75, 3.05) is 31.6 Å². The predicted octanol–water partition coefficient (Wildman–Crippen LogP) is 2.65. The summed E-state index contributed by atoms with van der Waals surface area (Å²) in [7, 11) is -2.84. The van der Waals surface area contributed by atoms with Crippen molar-refractivity contribution in [3.05, 3.63) is 58.9 Å². The van der Waals surface area contributed by atoms with Gasteiger partial charge in [0.25, 0.3) is 0 Å². The topological polar surface area (TPSA) is 93.5 Å². The van der Waals surface area contributed by atoms with Gasteiger partial charge in [-0.3, -0.25) is 4.79 Å². The Hall–Kier alpha value is -3.17. The number of nitrogens with one attached hydrogen (secondary N) is 1. The zero-order chi connectivity index (χ0) is 24.6. The maximum atomic E-state index is 13.9. The molecule has 33 heavy (non-hydrogen) atoms. The van der Waals surface area contributed by atoms with Crippen LogP contribution in [0.3, 0.4) is 0 Å². The second kappa shape index (κ2) is 8.99. The fourth-order valence-electron chi connectivity index (χ4n) is 3.60. The Bertz CT molecular complexity index is 1220. The second-order valence-electron chi connectivity index (χ2n) is 7.44. The van der Waals surface area contributed by atoms with Gasteiger partial charge in [-0.2, -0.15) is 22.7 Å². The molecule has 1 heterocycles. The summed E-state index contributed by atoms with van der Waals surface area (Å²) < 4.78 is 81.2. The van der Waals surface area contributed by atoms with E-state index in [9.17, 15) is 30.8 Å². The van der Waals surface area contributed by atoms with E-state index in [0.717, 1.165) is 22.5 Å². The monoisotopic (exact) mass is 484 g/mol. The van der Waals surface area contributed by atoms with Gasteiger partial charge in [0.1, 0.15) is 11.9 Å². The van der Waals surface area contributed by atoms with Crippen LogP contribution in [0.25, 0.3) is 0 Å². The Labute approximate surface area is 188 Å². The molecule has 0 saturated carbocycles. The molecule has 1 amide bonds. The number of sulfonamides is 1. The number of piperazine rings is 1. The molecule has 2 aromatic rings. The first kappa shape index (κ1) is 24.5. The molecule has 0 aromatic heterocycles. The molecule has 176 valence electrons. The third-order valence-corrected chi connectivity index (χ3v) is 7.30. The lowest BCUT2D eigenvalue weighted by Gasteiger charge is -2.41. The molecule has 1 atom stereocenters. The molecular weight excluding hydrogens is 464 g/mol. The molecule has 1 fully saturated rings.